The number of aryl methyl sites for hydroxylation is 1. The van der Waals surface area contributed by atoms with Crippen molar-refractivity contribution < 1.29 is 0 Å². The third-order valence-corrected chi connectivity index (χ3v) is 6.18. The molecule has 2 aromatic heterocycles. The molecule has 1 aromatic carbocycles. The van der Waals surface area contributed by atoms with Gasteiger partial charge in [-0.15, -0.1) is 0 Å². The number of benzene rings is 1. The van der Waals surface area contributed by atoms with E-state index in [1.807, 2.05) is 22.7 Å². The number of nitrogens with zero attached hydrogens (tertiary/aromatic N) is 4. The maximum Gasteiger partial charge on any atom is 0.165 e. The Morgan fingerprint density at radius 3 is 2.34 bits per heavy atom. The number of anilines is 1. The zero-order valence-electron chi connectivity index (χ0n) is 18.3. The van der Waals surface area contributed by atoms with Gasteiger partial charge in [-0.2, -0.15) is 9.61 Å². The van der Waals surface area contributed by atoms with Crippen LogP contribution < -0.4 is 4.90 Å². The molecule has 3 aromatic rings. The van der Waals surface area contributed by atoms with E-state index in [1.165, 1.54) is 6.42 Å². The molecule has 0 saturated carbocycles. The predicted molar refractivity (Wildman–Crippen MR) is 122 cm³/mol. The first-order valence-corrected chi connectivity index (χ1v) is 10.9. The van der Waals surface area contributed by atoms with E-state index in [2.05, 4.69) is 58.6 Å². The second kappa shape index (κ2) is 7.32. The van der Waals surface area contributed by atoms with E-state index in [-0.39, 0.29) is 5.41 Å². The summed E-state index contributed by atoms with van der Waals surface area (Å²) in [4.78, 5) is 7.59. The first-order chi connectivity index (χ1) is 13.6. The second-order valence-electron chi connectivity index (χ2n) is 9.78. The number of piperidine rings is 1. The van der Waals surface area contributed by atoms with Gasteiger partial charge in [0, 0.05) is 35.2 Å². The summed E-state index contributed by atoms with van der Waals surface area (Å²) in [6, 6.07) is 10.2. The number of aromatic nitrogens is 3. The minimum absolute atomic E-state index is 0.0561. The molecule has 1 aliphatic heterocycles. The van der Waals surface area contributed by atoms with Gasteiger partial charge in [0.25, 0.3) is 0 Å². The lowest BCUT2D eigenvalue weighted by atomic mass is 9.90. The topological polar surface area (TPSA) is 33.4 Å². The maximum absolute atomic E-state index is 6.57. The molecule has 1 saturated heterocycles. The Bertz CT molecular complexity index is 1040. The largest absolute Gasteiger partial charge is 0.356 e. The fourth-order valence-electron chi connectivity index (χ4n) is 4.55. The van der Waals surface area contributed by atoms with Gasteiger partial charge in [-0.05, 0) is 31.2 Å². The molecule has 4 rings (SSSR count). The molecule has 0 spiro atoms. The van der Waals surface area contributed by atoms with E-state index in [4.69, 9.17) is 21.7 Å². The van der Waals surface area contributed by atoms with Crippen molar-refractivity contribution in [3.05, 3.63) is 46.7 Å². The standard InChI is InChI=1S/C24H31ClN4/c1-15-11-16(2)14-28(13-15)21-12-20(24(4,5)6)26-23-22(17(3)27-29(21)23)18-9-7-8-10-19(18)25/h7-10,12,15-16H,11,13-14H2,1-6H3. The van der Waals surface area contributed by atoms with Crippen molar-refractivity contribution in [3.63, 3.8) is 0 Å². The molecule has 0 radical (unpaired) electrons. The number of hydrogen-bond acceptors (Lipinski definition) is 3. The van der Waals surface area contributed by atoms with E-state index in [0.29, 0.717) is 11.8 Å². The molecule has 0 aliphatic carbocycles. The molecule has 1 fully saturated rings. The Morgan fingerprint density at radius 2 is 1.72 bits per heavy atom. The molecule has 0 bridgehead atoms. The molecule has 4 nitrogen and oxygen atoms in total. The van der Waals surface area contributed by atoms with E-state index < -0.39 is 0 Å². The fraction of sp³-hybridized carbons (Fsp3) is 0.500. The zero-order chi connectivity index (χ0) is 20.9. The number of halogens is 1. The third-order valence-electron chi connectivity index (χ3n) is 5.85. The lowest BCUT2D eigenvalue weighted by Gasteiger charge is -2.37. The van der Waals surface area contributed by atoms with E-state index in [0.717, 1.165) is 52.1 Å². The van der Waals surface area contributed by atoms with Crippen LogP contribution in [0.15, 0.2) is 30.3 Å². The van der Waals surface area contributed by atoms with Gasteiger partial charge < -0.3 is 4.90 Å². The molecule has 1 aliphatic rings. The van der Waals surface area contributed by atoms with Gasteiger partial charge in [0.15, 0.2) is 5.65 Å². The first-order valence-electron chi connectivity index (χ1n) is 10.6. The van der Waals surface area contributed by atoms with Crippen molar-refractivity contribution in [1.29, 1.82) is 0 Å². The van der Waals surface area contributed by atoms with Gasteiger partial charge in [-0.3, -0.25) is 0 Å². The minimum atomic E-state index is -0.0561. The second-order valence-corrected chi connectivity index (χ2v) is 10.2. The van der Waals surface area contributed by atoms with Crippen molar-refractivity contribution in [2.75, 3.05) is 18.0 Å². The van der Waals surface area contributed by atoms with E-state index in [1.54, 1.807) is 0 Å². The molecule has 0 amide bonds. The molecule has 29 heavy (non-hydrogen) atoms. The van der Waals surface area contributed by atoms with Crippen molar-refractivity contribution >= 4 is 23.1 Å². The summed E-state index contributed by atoms with van der Waals surface area (Å²) in [5, 5.41) is 5.66. The van der Waals surface area contributed by atoms with Crippen LogP contribution in [0.3, 0.4) is 0 Å². The third kappa shape index (κ3) is 3.75. The number of rotatable bonds is 2. The van der Waals surface area contributed by atoms with Crippen LogP contribution in [-0.2, 0) is 5.41 Å². The maximum atomic E-state index is 6.57. The summed E-state index contributed by atoms with van der Waals surface area (Å²) in [5.74, 6) is 2.47. The van der Waals surface area contributed by atoms with Crippen molar-refractivity contribution in [3.8, 4) is 11.1 Å². The average molecular weight is 411 g/mol. The summed E-state index contributed by atoms with van der Waals surface area (Å²) >= 11 is 6.57. The highest BCUT2D eigenvalue weighted by atomic mass is 35.5. The summed E-state index contributed by atoms with van der Waals surface area (Å²) in [7, 11) is 0. The lowest BCUT2D eigenvalue weighted by molar-refractivity contribution is 0.354. The van der Waals surface area contributed by atoms with Crippen LogP contribution in [0.4, 0.5) is 5.82 Å². The first kappa shape index (κ1) is 20.2. The summed E-state index contributed by atoms with van der Waals surface area (Å²) in [6.07, 6.45) is 1.28. The van der Waals surface area contributed by atoms with Crippen molar-refractivity contribution in [1.82, 2.24) is 14.6 Å². The summed E-state index contributed by atoms with van der Waals surface area (Å²) in [6.45, 7) is 15.5. The van der Waals surface area contributed by atoms with E-state index >= 15 is 0 Å². The average Bonchev–Trinajstić information content (AvgIpc) is 2.95. The van der Waals surface area contributed by atoms with Crippen LogP contribution >= 0.6 is 11.6 Å². The Balaban J connectivity index is 1.99. The van der Waals surface area contributed by atoms with Crippen LogP contribution in [0.2, 0.25) is 5.02 Å². The van der Waals surface area contributed by atoms with Gasteiger partial charge >= 0.3 is 0 Å². The lowest BCUT2D eigenvalue weighted by Crippen LogP contribution is -2.40. The van der Waals surface area contributed by atoms with Gasteiger partial charge in [0.1, 0.15) is 5.82 Å². The van der Waals surface area contributed by atoms with Crippen molar-refractivity contribution in [2.24, 2.45) is 11.8 Å². The van der Waals surface area contributed by atoms with Gasteiger partial charge in [0.2, 0.25) is 0 Å². The fourth-order valence-corrected chi connectivity index (χ4v) is 4.78. The monoisotopic (exact) mass is 410 g/mol. The Kier molecular flexibility index (Phi) is 5.10. The van der Waals surface area contributed by atoms with Crippen LogP contribution in [0.1, 0.15) is 52.4 Å². The van der Waals surface area contributed by atoms with Crippen LogP contribution in [-0.4, -0.2) is 27.7 Å². The highest BCUT2D eigenvalue weighted by Gasteiger charge is 2.28. The number of fused-ring (bicyclic) bond motifs is 1. The van der Waals surface area contributed by atoms with Crippen molar-refractivity contribution in [2.45, 2.75) is 53.4 Å². The summed E-state index contributed by atoms with van der Waals surface area (Å²) < 4.78 is 2.04. The molecule has 0 N–H and O–H groups in total. The molecule has 154 valence electrons. The smallest absolute Gasteiger partial charge is 0.165 e. The summed E-state index contributed by atoms with van der Waals surface area (Å²) in [5.41, 5.74) is 4.89. The molecule has 2 atom stereocenters. The molecular formula is C24H31ClN4. The highest BCUT2D eigenvalue weighted by Crippen LogP contribution is 2.37. The Morgan fingerprint density at radius 1 is 1.07 bits per heavy atom. The van der Waals surface area contributed by atoms with Gasteiger partial charge in [-0.1, -0.05) is 64.4 Å². The molecule has 3 heterocycles. The van der Waals surface area contributed by atoms with Gasteiger partial charge in [0.05, 0.1) is 17.0 Å². The zero-order valence-corrected chi connectivity index (χ0v) is 19.1. The van der Waals surface area contributed by atoms with Crippen LogP contribution in [0.25, 0.3) is 16.8 Å². The molecule has 5 heteroatoms. The van der Waals surface area contributed by atoms with Gasteiger partial charge in [-0.25, -0.2) is 4.98 Å². The Hall–Kier alpha value is -2.07. The van der Waals surface area contributed by atoms with E-state index in [9.17, 15) is 0 Å². The SMILES string of the molecule is Cc1nn2c(N3CC(C)CC(C)C3)cc(C(C)(C)C)nc2c1-c1ccccc1Cl. The molecule has 2 unspecified atom stereocenters. The minimum Gasteiger partial charge on any atom is -0.356 e. The van der Waals surface area contributed by atoms with Crippen LogP contribution in [0, 0.1) is 18.8 Å². The molecular weight excluding hydrogens is 380 g/mol. The normalized spacial score (nSPS) is 20.4. The Labute approximate surface area is 178 Å². The number of hydrogen-bond donors (Lipinski definition) is 0. The quantitative estimate of drug-likeness (QED) is 0.508. The highest BCUT2D eigenvalue weighted by molar-refractivity contribution is 6.33. The van der Waals surface area contributed by atoms with Crippen LogP contribution in [0.5, 0.6) is 0 Å². The predicted octanol–water partition coefficient (Wildman–Crippen LogP) is 6.14.